The third-order valence-electron chi connectivity index (χ3n) is 4.94. The van der Waals surface area contributed by atoms with Gasteiger partial charge in [0.25, 0.3) is 0 Å². The molecule has 4 rings (SSSR count). The number of nitrogens with zero attached hydrogens (tertiary/aromatic N) is 4. The van der Waals surface area contributed by atoms with Gasteiger partial charge in [0, 0.05) is 42.1 Å². The van der Waals surface area contributed by atoms with Crippen LogP contribution in [0.15, 0.2) is 53.6 Å². The molecule has 1 aliphatic heterocycles. The van der Waals surface area contributed by atoms with E-state index in [4.69, 9.17) is 0 Å². The lowest BCUT2D eigenvalue weighted by Crippen LogP contribution is -2.40. The minimum atomic E-state index is -0.0409. The topological polar surface area (TPSA) is 63.1 Å². The fourth-order valence-corrected chi connectivity index (χ4v) is 4.13. The number of carbonyl (C=O) groups is 1. The summed E-state index contributed by atoms with van der Waals surface area (Å²) in [4.78, 5) is 19.4. The molecule has 0 radical (unpaired) electrons. The molecule has 1 N–H and O–H groups in total. The lowest BCUT2D eigenvalue weighted by atomic mass is 10.1. The van der Waals surface area contributed by atoms with E-state index in [0.717, 1.165) is 55.8 Å². The maximum atomic E-state index is 12.7. The zero-order valence-electron chi connectivity index (χ0n) is 15.1. The number of amides is 1. The molecular weight excluding hydrogens is 358 g/mol. The van der Waals surface area contributed by atoms with Gasteiger partial charge in [-0.2, -0.15) is 5.10 Å². The van der Waals surface area contributed by atoms with Crippen molar-refractivity contribution >= 4 is 22.9 Å². The summed E-state index contributed by atoms with van der Waals surface area (Å²) >= 11 is 1.58. The number of hydrogen-bond acceptors (Lipinski definition) is 5. The van der Waals surface area contributed by atoms with Gasteiger partial charge in [0.2, 0.25) is 5.91 Å². The first-order valence-electron chi connectivity index (χ1n) is 9.30. The summed E-state index contributed by atoms with van der Waals surface area (Å²) in [6.45, 7) is 2.79. The fraction of sp³-hybridized carbons (Fsp3) is 0.350. The van der Waals surface area contributed by atoms with Crippen molar-refractivity contribution in [1.82, 2.24) is 19.7 Å². The first-order valence-corrected chi connectivity index (χ1v) is 10.2. The van der Waals surface area contributed by atoms with Crippen molar-refractivity contribution in [3.63, 3.8) is 0 Å². The van der Waals surface area contributed by atoms with E-state index in [-0.39, 0.29) is 11.9 Å². The highest BCUT2D eigenvalue weighted by atomic mass is 32.1. The number of carbonyl (C=O) groups excluding carboxylic acids is 1. The van der Waals surface area contributed by atoms with Crippen LogP contribution in [0.25, 0.3) is 11.3 Å². The van der Waals surface area contributed by atoms with Crippen LogP contribution < -0.4 is 5.32 Å². The van der Waals surface area contributed by atoms with E-state index < -0.39 is 0 Å². The summed E-state index contributed by atoms with van der Waals surface area (Å²) in [6, 6.07) is 9.79. The molecule has 1 amide bonds. The Labute approximate surface area is 162 Å². The fourth-order valence-electron chi connectivity index (χ4n) is 3.56. The molecule has 1 saturated heterocycles. The molecule has 6 nitrogen and oxygen atoms in total. The molecule has 0 spiro atoms. The number of benzene rings is 1. The van der Waals surface area contributed by atoms with E-state index in [1.54, 1.807) is 17.5 Å². The van der Waals surface area contributed by atoms with Gasteiger partial charge in [0.05, 0.1) is 17.2 Å². The number of hydrogen-bond donors (Lipinski definition) is 1. The Kier molecular flexibility index (Phi) is 5.60. The normalized spacial score (nSPS) is 17.3. The molecule has 0 aliphatic carbocycles. The Bertz CT molecular complexity index is 845. The lowest BCUT2D eigenvalue weighted by Gasteiger charge is -2.23. The Morgan fingerprint density at radius 3 is 2.89 bits per heavy atom. The van der Waals surface area contributed by atoms with E-state index in [9.17, 15) is 4.79 Å². The van der Waals surface area contributed by atoms with Crippen molar-refractivity contribution in [3.05, 3.63) is 53.6 Å². The third-order valence-corrected chi connectivity index (χ3v) is 5.53. The average Bonchev–Trinajstić information content (AvgIpc) is 3.45. The Balaban J connectivity index is 1.31. The minimum Gasteiger partial charge on any atom is -0.325 e. The van der Waals surface area contributed by atoms with Crippen molar-refractivity contribution in [3.8, 4) is 11.3 Å². The first-order chi connectivity index (χ1) is 13.3. The third kappa shape index (κ3) is 4.43. The van der Waals surface area contributed by atoms with Crippen LogP contribution >= 0.6 is 11.3 Å². The van der Waals surface area contributed by atoms with Gasteiger partial charge in [-0.1, -0.05) is 12.1 Å². The second kappa shape index (κ2) is 8.45. The zero-order valence-corrected chi connectivity index (χ0v) is 15.9. The average molecular weight is 382 g/mol. The van der Waals surface area contributed by atoms with Crippen LogP contribution in [0.3, 0.4) is 0 Å². The molecule has 27 heavy (non-hydrogen) atoms. The quantitative estimate of drug-likeness (QED) is 0.680. The largest absolute Gasteiger partial charge is 0.325 e. The molecule has 3 heterocycles. The summed E-state index contributed by atoms with van der Waals surface area (Å²) in [5.41, 5.74) is 4.70. The standard InChI is InChI=1S/C20H23N5OS/c26-20(23-17-7-5-16(6-8-17)18-14-27-15-21-18)19-4-1-10-24(19)11-3-13-25-12-2-9-22-25/h2,5-9,12,14-15,19H,1,3-4,10-11,13H2,(H,23,26)/t19-/m0/s1. The van der Waals surface area contributed by atoms with E-state index in [1.807, 2.05) is 52.1 Å². The van der Waals surface area contributed by atoms with Crippen LogP contribution in [0, 0.1) is 0 Å². The molecule has 3 aromatic rings. The van der Waals surface area contributed by atoms with E-state index in [0.29, 0.717) is 0 Å². The SMILES string of the molecule is O=C(Nc1ccc(-c2cscn2)cc1)[C@@H]1CCCN1CCCn1cccn1. The zero-order chi connectivity index (χ0) is 18.5. The second-order valence-corrected chi connectivity index (χ2v) is 7.48. The molecular formula is C20H23N5OS. The molecule has 140 valence electrons. The van der Waals surface area contributed by atoms with Gasteiger partial charge in [0.15, 0.2) is 0 Å². The molecule has 1 aromatic carbocycles. The van der Waals surface area contributed by atoms with Crippen LogP contribution in [-0.4, -0.2) is 44.7 Å². The van der Waals surface area contributed by atoms with E-state index in [2.05, 4.69) is 20.3 Å². The van der Waals surface area contributed by atoms with E-state index in [1.165, 1.54) is 0 Å². The first kappa shape index (κ1) is 17.9. The number of thiazole rings is 1. The van der Waals surface area contributed by atoms with Gasteiger partial charge < -0.3 is 5.32 Å². The van der Waals surface area contributed by atoms with Gasteiger partial charge in [-0.05, 0) is 44.0 Å². The summed E-state index contributed by atoms with van der Waals surface area (Å²) in [7, 11) is 0. The molecule has 1 atom stereocenters. The predicted octanol–water partition coefficient (Wildman–Crippen LogP) is 3.50. The van der Waals surface area contributed by atoms with Gasteiger partial charge in [-0.3, -0.25) is 14.4 Å². The summed E-state index contributed by atoms with van der Waals surface area (Å²) in [5.74, 6) is 0.0907. The maximum absolute atomic E-state index is 12.7. The predicted molar refractivity (Wildman–Crippen MR) is 108 cm³/mol. The number of rotatable bonds is 7. The van der Waals surface area contributed by atoms with Crippen LogP contribution in [0.5, 0.6) is 0 Å². The Morgan fingerprint density at radius 2 is 2.15 bits per heavy atom. The highest BCUT2D eigenvalue weighted by molar-refractivity contribution is 7.07. The second-order valence-electron chi connectivity index (χ2n) is 6.76. The maximum Gasteiger partial charge on any atom is 0.241 e. The lowest BCUT2D eigenvalue weighted by molar-refractivity contribution is -0.120. The monoisotopic (exact) mass is 381 g/mol. The van der Waals surface area contributed by atoms with Gasteiger partial charge in [0.1, 0.15) is 0 Å². The number of nitrogens with one attached hydrogen (secondary N) is 1. The smallest absolute Gasteiger partial charge is 0.241 e. The Hall–Kier alpha value is -2.51. The molecule has 1 aliphatic rings. The van der Waals surface area contributed by atoms with Crippen LogP contribution in [-0.2, 0) is 11.3 Å². The van der Waals surface area contributed by atoms with Gasteiger partial charge >= 0.3 is 0 Å². The molecule has 0 bridgehead atoms. The van der Waals surface area contributed by atoms with Crippen LogP contribution in [0.1, 0.15) is 19.3 Å². The number of aromatic nitrogens is 3. The minimum absolute atomic E-state index is 0.0409. The molecule has 2 aromatic heterocycles. The summed E-state index contributed by atoms with van der Waals surface area (Å²) in [6.07, 6.45) is 6.76. The molecule has 7 heteroatoms. The summed E-state index contributed by atoms with van der Waals surface area (Å²) < 4.78 is 1.94. The van der Waals surface area contributed by atoms with Crippen LogP contribution in [0.4, 0.5) is 5.69 Å². The Morgan fingerprint density at radius 1 is 1.26 bits per heavy atom. The van der Waals surface area contributed by atoms with Crippen molar-refractivity contribution in [1.29, 1.82) is 0 Å². The van der Waals surface area contributed by atoms with Gasteiger partial charge in [-0.15, -0.1) is 11.3 Å². The molecule has 1 fully saturated rings. The van der Waals surface area contributed by atoms with Gasteiger partial charge in [-0.25, -0.2) is 4.98 Å². The van der Waals surface area contributed by atoms with Crippen molar-refractivity contribution in [2.24, 2.45) is 0 Å². The number of likely N-dealkylation sites (tertiary alicyclic amines) is 1. The van der Waals surface area contributed by atoms with Crippen LogP contribution in [0.2, 0.25) is 0 Å². The molecule has 0 unspecified atom stereocenters. The van der Waals surface area contributed by atoms with E-state index >= 15 is 0 Å². The van der Waals surface area contributed by atoms with Crippen molar-refractivity contribution in [2.45, 2.75) is 31.8 Å². The molecule has 0 saturated carbocycles. The van der Waals surface area contributed by atoms with Crippen molar-refractivity contribution in [2.75, 3.05) is 18.4 Å². The van der Waals surface area contributed by atoms with Crippen molar-refractivity contribution < 1.29 is 4.79 Å². The number of aryl methyl sites for hydroxylation is 1. The highest BCUT2D eigenvalue weighted by Gasteiger charge is 2.30. The number of anilines is 1. The summed E-state index contributed by atoms with van der Waals surface area (Å²) in [5, 5.41) is 9.33. The highest BCUT2D eigenvalue weighted by Crippen LogP contribution is 2.23.